The zero-order valence-corrected chi connectivity index (χ0v) is 12.6. The summed E-state index contributed by atoms with van der Waals surface area (Å²) >= 11 is 7.19. The third kappa shape index (κ3) is 4.02. The van der Waals surface area contributed by atoms with Gasteiger partial charge in [0, 0.05) is 9.92 Å². The molecule has 0 aromatic heterocycles. The SMILES string of the molecule is Cc1ccccc1C[C@@H](Sc1ccc(Cl)cc1)C(=O)O. The van der Waals surface area contributed by atoms with E-state index in [9.17, 15) is 9.90 Å². The highest BCUT2D eigenvalue weighted by Gasteiger charge is 2.20. The molecule has 0 aliphatic rings. The van der Waals surface area contributed by atoms with Gasteiger partial charge in [-0.25, -0.2) is 0 Å². The highest BCUT2D eigenvalue weighted by atomic mass is 35.5. The maximum absolute atomic E-state index is 11.4. The minimum Gasteiger partial charge on any atom is -0.480 e. The Hall–Kier alpha value is -1.45. The molecule has 4 heteroatoms. The van der Waals surface area contributed by atoms with E-state index in [4.69, 9.17) is 11.6 Å². The Balaban J connectivity index is 2.14. The van der Waals surface area contributed by atoms with Gasteiger partial charge in [-0.1, -0.05) is 35.9 Å². The van der Waals surface area contributed by atoms with Crippen molar-refractivity contribution in [2.24, 2.45) is 0 Å². The van der Waals surface area contributed by atoms with E-state index in [-0.39, 0.29) is 0 Å². The van der Waals surface area contributed by atoms with Crippen LogP contribution < -0.4 is 0 Å². The second kappa shape index (κ2) is 6.82. The first-order valence-electron chi connectivity index (χ1n) is 6.26. The molecule has 0 bridgehead atoms. The second-order valence-corrected chi connectivity index (χ2v) is 6.24. The van der Waals surface area contributed by atoms with Crippen LogP contribution in [-0.4, -0.2) is 16.3 Å². The molecule has 1 atom stereocenters. The van der Waals surface area contributed by atoms with Crippen molar-refractivity contribution >= 4 is 29.3 Å². The number of rotatable bonds is 5. The van der Waals surface area contributed by atoms with E-state index in [0.29, 0.717) is 11.4 Å². The van der Waals surface area contributed by atoms with Gasteiger partial charge in [-0.05, 0) is 48.7 Å². The molecule has 0 spiro atoms. The van der Waals surface area contributed by atoms with Crippen molar-refractivity contribution in [1.82, 2.24) is 0 Å². The van der Waals surface area contributed by atoms with E-state index in [2.05, 4.69) is 0 Å². The number of benzene rings is 2. The summed E-state index contributed by atoms with van der Waals surface area (Å²) in [5, 5.41) is 9.54. The minimum atomic E-state index is -0.798. The number of aryl methyl sites for hydroxylation is 1. The van der Waals surface area contributed by atoms with Crippen LogP contribution in [0.2, 0.25) is 5.02 Å². The molecule has 0 radical (unpaired) electrons. The van der Waals surface area contributed by atoms with Crippen LogP contribution >= 0.6 is 23.4 Å². The maximum Gasteiger partial charge on any atom is 0.317 e. The molecule has 0 amide bonds. The van der Waals surface area contributed by atoms with E-state index in [0.717, 1.165) is 16.0 Å². The van der Waals surface area contributed by atoms with Crippen molar-refractivity contribution in [1.29, 1.82) is 0 Å². The zero-order chi connectivity index (χ0) is 14.5. The Morgan fingerprint density at radius 1 is 1.20 bits per heavy atom. The fraction of sp³-hybridized carbons (Fsp3) is 0.188. The van der Waals surface area contributed by atoms with Gasteiger partial charge in [0.2, 0.25) is 0 Å². The first-order valence-corrected chi connectivity index (χ1v) is 7.51. The lowest BCUT2D eigenvalue weighted by Gasteiger charge is -2.13. The lowest BCUT2D eigenvalue weighted by Crippen LogP contribution is -2.19. The van der Waals surface area contributed by atoms with Crippen LogP contribution in [-0.2, 0) is 11.2 Å². The molecule has 1 N–H and O–H groups in total. The number of aliphatic carboxylic acids is 1. The summed E-state index contributed by atoms with van der Waals surface area (Å²) in [5.74, 6) is -0.798. The molecule has 20 heavy (non-hydrogen) atoms. The normalized spacial score (nSPS) is 12.1. The molecule has 2 aromatic rings. The molecule has 0 aliphatic heterocycles. The molecular weight excluding hydrogens is 292 g/mol. The summed E-state index contributed by atoms with van der Waals surface area (Å²) in [6.07, 6.45) is 0.509. The van der Waals surface area contributed by atoms with Crippen molar-refractivity contribution < 1.29 is 9.90 Å². The summed E-state index contributed by atoms with van der Waals surface area (Å²) in [4.78, 5) is 12.4. The van der Waals surface area contributed by atoms with Gasteiger partial charge in [-0.2, -0.15) is 0 Å². The molecule has 0 fully saturated rings. The lowest BCUT2D eigenvalue weighted by molar-refractivity contribution is -0.136. The van der Waals surface area contributed by atoms with Crippen LogP contribution in [0.5, 0.6) is 0 Å². The fourth-order valence-electron chi connectivity index (χ4n) is 1.90. The molecule has 104 valence electrons. The number of thioether (sulfide) groups is 1. The van der Waals surface area contributed by atoms with Gasteiger partial charge in [0.25, 0.3) is 0 Å². The van der Waals surface area contributed by atoms with Crippen LogP contribution in [0.3, 0.4) is 0 Å². The van der Waals surface area contributed by atoms with Crippen LogP contribution in [0, 0.1) is 6.92 Å². The highest BCUT2D eigenvalue weighted by Crippen LogP contribution is 2.28. The van der Waals surface area contributed by atoms with Gasteiger partial charge in [0.1, 0.15) is 5.25 Å². The summed E-state index contributed by atoms with van der Waals surface area (Å²) in [7, 11) is 0. The highest BCUT2D eigenvalue weighted by molar-refractivity contribution is 8.00. The van der Waals surface area contributed by atoms with Crippen molar-refractivity contribution in [3.05, 3.63) is 64.7 Å². The van der Waals surface area contributed by atoms with Crippen molar-refractivity contribution in [3.8, 4) is 0 Å². The third-order valence-corrected chi connectivity index (χ3v) is 4.48. The van der Waals surface area contributed by atoms with Crippen molar-refractivity contribution in [3.63, 3.8) is 0 Å². The molecule has 0 saturated carbocycles. The van der Waals surface area contributed by atoms with Crippen molar-refractivity contribution in [2.45, 2.75) is 23.5 Å². The Morgan fingerprint density at radius 2 is 1.85 bits per heavy atom. The first kappa shape index (κ1) is 14.9. The molecule has 0 saturated heterocycles. The molecular formula is C16H15ClO2S. The number of halogens is 1. The smallest absolute Gasteiger partial charge is 0.317 e. The largest absolute Gasteiger partial charge is 0.480 e. The molecule has 0 unspecified atom stereocenters. The Labute approximate surface area is 127 Å². The van der Waals surface area contributed by atoms with E-state index >= 15 is 0 Å². The van der Waals surface area contributed by atoms with Crippen LogP contribution in [0.15, 0.2) is 53.4 Å². The summed E-state index contributed by atoms with van der Waals surface area (Å²) in [5.41, 5.74) is 2.19. The Morgan fingerprint density at radius 3 is 2.45 bits per heavy atom. The number of hydrogen-bond donors (Lipinski definition) is 1. The van der Waals surface area contributed by atoms with Gasteiger partial charge in [0.05, 0.1) is 0 Å². The molecule has 0 heterocycles. The summed E-state index contributed by atoms with van der Waals surface area (Å²) in [6, 6.07) is 15.1. The van der Waals surface area contributed by atoms with Crippen LogP contribution in [0.4, 0.5) is 0 Å². The van der Waals surface area contributed by atoms with Gasteiger partial charge in [-0.3, -0.25) is 4.79 Å². The predicted molar refractivity (Wildman–Crippen MR) is 83.6 cm³/mol. The molecule has 0 aliphatic carbocycles. The summed E-state index contributed by atoms with van der Waals surface area (Å²) < 4.78 is 0. The Kier molecular flexibility index (Phi) is 5.10. The lowest BCUT2D eigenvalue weighted by atomic mass is 10.0. The van der Waals surface area contributed by atoms with E-state index in [1.165, 1.54) is 11.8 Å². The van der Waals surface area contributed by atoms with Gasteiger partial charge in [0.15, 0.2) is 0 Å². The fourth-order valence-corrected chi connectivity index (χ4v) is 3.01. The predicted octanol–water partition coefficient (Wildman–Crippen LogP) is 4.44. The Bertz CT molecular complexity index is 596. The molecule has 2 rings (SSSR count). The minimum absolute atomic E-state index is 0.503. The summed E-state index contributed by atoms with van der Waals surface area (Å²) in [6.45, 7) is 2.00. The molecule has 2 nitrogen and oxygen atoms in total. The van der Waals surface area contributed by atoms with Crippen LogP contribution in [0.1, 0.15) is 11.1 Å². The van der Waals surface area contributed by atoms with Gasteiger partial charge < -0.3 is 5.11 Å². The number of hydrogen-bond acceptors (Lipinski definition) is 2. The quantitative estimate of drug-likeness (QED) is 0.830. The topological polar surface area (TPSA) is 37.3 Å². The average molecular weight is 307 g/mol. The second-order valence-electron chi connectivity index (χ2n) is 4.53. The number of carbonyl (C=O) groups is 1. The number of carboxylic acids is 1. The molecule has 2 aromatic carbocycles. The third-order valence-electron chi connectivity index (χ3n) is 3.03. The first-order chi connectivity index (χ1) is 9.56. The monoisotopic (exact) mass is 306 g/mol. The average Bonchev–Trinajstić information content (AvgIpc) is 2.42. The van der Waals surface area contributed by atoms with E-state index < -0.39 is 11.2 Å². The van der Waals surface area contributed by atoms with Gasteiger partial charge >= 0.3 is 5.97 Å². The standard InChI is InChI=1S/C16H15ClO2S/c1-11-4-2-3-5-12(11)10-15(16(18)19)20-14-8-6-13(17)7-9-14/h2-9,15H,10H2,1H3,(H,18,19)/t15-/m1/s1. The van der Waals surface area contributed by atoms with Crippen LogP contribution in [0.25, 0.3) is 0 Å². The maximum atomic E-state index is 11.4. The van der Waals surface area contributed by atoms with Gasteiger partial charge in [-0.15, -0.1) is 11.8 Å². The zero-order valence-electron chi connectivity index (χ0n) is 11.0. The number of carboxylic acid groups (broad SMARTS) is 1. The van der Waals surface area contributed by atoms with E-state index in [1.54, 1.807) is 12.1 Å². The van der Waals surface area contributed by atoms with Crippen molar-refractivity contribution in [2.75, 3.05) is 0 Å². The van der Waals surface area contributed by atoms with E-state index in [1.807, 2.05) is 43.3 Å².